The molecule has 2 heterocycles. The molecule has 0 aromatic carbocycles. The summed E-state index contributed by atoms with van der Waals surface area (Å²) in [6.45, 7) is 4.95. The Morgan fingerprint density at radius 2 is 2.05 bits per heavy atom. The molecule has 2 rings (SSSR count). The summed E-state index contributed by atoms with van der Waals surface area (Å²) in [5, 5.41) is 5.86. The lowest BCUT2D eigenvalue weighted by molar-refractivity contribution is -0.144. The molecule has 0 radical (unpaired) electrons. The Labute approximate surface area is 121 Å². The summed E-state index contributed by atoms with van der Waals surface area (Å²) < 4.78 is 44.0. The van der Waals surface area contributed by atoms with E-state index in [0.717, 1.165) is 12.8 Å². The summed E-state index contributed by atoms with van der Waals surface area (Å²) >= 11 is 0. The Hall–Kier alpha value is -1.57. The molecule has 0 aliphatic carbocycles. The number of halogens is 3. The van der Waals surface area contributed by atoms with Gasteiger partial charge in [0.1, 0.15) is 11.6 Å². The second-order valence-corrected chi connectivity index (χ2v) is 5.00. The molecule has 1 fully saturated rings. The van der Waals surface area contributed by atoms with Gasteiger partial charge in [0.25, 0.3) is 0 Å². The first-order valence-corrected chi connectivity index (χ1v) is 6.98. The maximum atomic E-state index is 12.9. The number of hydrogen-bond donors (Lipinski definition) is 2. The van der Waals surface area contributed by atoms with Gasteiger partial charge in [-0.05, 0) is 19.8 Å². The number of alkyl halides is 3. The molecule has 1 saturated heterocycles. The summed E-state index contributed by atoms with van der Waals surface area (Å²) in [6.07, 6.45) is -3.09. The molecule has 2 N–H and O–H groups in total. The molecule has 0 bridgehead atoms. The van der Waals surface area contributed by atoms with E-state index < -0.39 is 12.0 Å². The van der Waals surface area contributed by atoms with Gasteiger partial charge in [-0.15, -0.1) is 0 Å². The third-order valence-corrected chi connectivity index (χ3v) is 3.25. The van der Waals surface area contributed by atoms with Crippen LogP contribution in [0.2, 0.25) is 0 Å². The molecular formula is C13H19F3N4O. The van der Waals surface area contributed by atoms with E-state index >= 15 is 0 Å². The largest absolute Gasteiger partial charge is 0.451 e. The van der Waals surface area contributed by atoms with Crippen molar-refractivity contribution in [2.45, 2.75) is 45.0 Å². The SMILES string of the molecule is CCCNc1cc(NC2CCOC2C)nc(C(F)(F)F)n1. The fourth-order valence-corrected chi connectivity index (χ4v) is 2.10. The van der Waals surface area contributed by atoms with Gasteiger partial charge in [0.15, 0.2) is 0 Å². The van der Waals surface area contributed by atoms with Crippen LogP contribution in [-0.2, 0) is 10.9 Å². The van der Waals surface area contributed by atoms with E-state index in [1.54, 1.807) is 0 Å². The van der Waals surface area contributed by atoms with E-state index in [9.17, 15) is 13.2 Å². The Morgan fingerprint density at radius 3 is 2.62 bits per heavy atom. The van der Waals surface area contributed by atoms with E-state index in [4.69, 9.17) is 4.74 Å². The predicted octanol–water partition coefficient (Wildman–Crippen LogP) is 2.91. The maximum Gasteiger partial charge on any atom is 0.451 e. The molecule has 1 aromatic rings. The lowest BCUT2D eigenvalue weighted by Crippen LogP contribution is -2.28. The third-order valence-electron chi connectivity index (χ3n) is 3.25. The van der Waals surface area contributed by atoms with Gasteiger partial charge in [0, 0.05) is 19.2 Å². The third kappa shape index (κ3) is 4.20. The van der Waals surface area contributed by atoms with E-state index in [1.165, 1.54) is 6.07 Å². The summed E-state index contributed by atoms with van der Waals surface area (Å²) in [4.78, 5) is 7.09. The van der Waals surface area contributed by atoms with Gasteiger partial charge in [0.05, 0.1) is 12.1 Å². The predicted molar refractivity (Wildman–Crippen MR) is 73.3 cm³/mol. The molecule has 5 nitrogen and oxygen atoms in total. The molecule has 2 atom stereocenters. The Bertz CT molecular complexity index is 481. The highest BCUT2D eigenvalue weighted by atomic mass is 19.4. The minimum Gasteiger partial charge on any atom is -0.376 e. The number of nitrogens with one attached hydrogen (secondary N) is 2. The van der Waals surface area contributed by atoms with Crippen molar-refractivity contribution in [2.24, 2.45) is 0 Å². The standard InChI is InChI=1S/C13H19F3N4O/c1-3-5-17-10-7-11(18-9-4-6-21-8(9)2)20-12(19-10)13(14,15)16/h7-9H,3-6H2,1-2H3,(H2,17,18,19,20). The second kappa shape index (κ2) is 6.46. The first kappa shape index (κ1) is 15.8. The zero-order valence-corrected chi connectivity index (χ0v) is 12.0. The Kier molecular flexibility index (Phi) is 4.87. The highest BCUT2D eigenvalue weighted by Gasteiger charge is 2.36. The van der Waals surface area contributed by atoms with Gasteiger partial charge in [0.2, 0.25) is 5.82 Å². The van der Waals surface area contributed by atoms with Gasteiger partial charge < -0.3 is 15.4 Å². The average molecular weight is 304 g/mol. The minimum absolute atomic E-state index is 0.0417. The number of anilines is 2. The van der Waals surface area contributed by atoms with Crippen LogP contribution in [0, 0.1) is 0 Å². The summed E-state index contributed by atoms with van der Waals surface area (Å²) in [6, 6.07) is 1.45. The fourth-order valence-electron chi connectivity index (χ4n) is 2.10. The number of aromatic nitrogens is 2. The molecule has 1 aliphatic heterocycles. The van der Waals surface area contributed by atoms with E-state index in [0.29, 0.717) is 13.2 Å². The molecule has 1 aliphatic rings. The van der Waals surface area contributed by atoms with Crippen LogP contribution in [-0.4, -0.2) is 35.3 Å². The van der Waals surface area contributed by atoms with Crippen molar-refractivity contribution in [3.05, 3.63) is 11.9 Å². The number of ether oxygens (including phenoxy) is 1. The van der Waals surface area contributed by atoms with Crippen LogP contribution in [0.1, 0.15) is 32.5 Å². The lowest BCUT2D eigenvalue weighted by atomic mass is 10.1. The molecule has 21 heavy (non-hydrogen) atoms. The van der Waals surface area contributed by atoms with Crippen LogP contribution >= 0.6 is 0 Å². The van der Waals surface area contributed by atoms with Crippen molar-refractivity contribution in [1.29, 1.82) is 0 Å². The monoisotopic (exact) mass is 304 g/mol. The van der Waals surface area contributed by atoms with Crippen LogP contribution in [0.5, 0.6) is 0 Å². The number of rotatable bonds is 5. The van der Waals surface area contributed by atoms with Crippen LogP contribution in [0.3, 0.4) is 0 Å². The molecule has 0 saturated carbocycles. The van der Waals surface area contributed by atoms with Gasteiger partial charge >= 0.3 is 6.18 Å². The minimum atomic E-state index is -4.57. The quantitative estimate of drug-likeness (QED) is 0.876. The Balaban J connectivity index is 2.22. The summed E-state index contributed by atoms with van der Waals surface area (Å²) in [5.41, 5.74) is 0. The molecule has 0 amide bonds. The summed E-state index contributed by atoms with van der Waals surface area (Å²) in [5.74, 6) is -0.802. The average Bonchev–Trinajstić information content (AvgIpc) is 2.81. The van der Waals surface area contributed by atoms with E-state index in [2.05, 4.69) is 20.6 Å². The second-order valence-electron chi connectivity index (χ2n) is 5.00. The normalized spacial score (nSPS) is 22.3. The molecular weight excluding hydrogens is 285 g/mol. The van der Waals surface area contributed by atoms with Gasteiger partial charge in [-0.2, -0.15) is 13.2 Å². The van der Waals surface area contributed by atoms with Crippen LogP contribution in [0.4, 0.5) is 24.8 Å². The fraction of sp³-hybridized carbons (Fsp3) is 0.692. The van der Waals surface area contributed by atoms with Gasteiger partial charge in [-0.3, -0.25) is 0 Å². The Morgan fingerprint density at radius 1 is 1.33 bits per heavy atom. The van der Waals surface area contributed by atoms with E-state index in [-0.39, 0.29) is 23.8 Å². The van der Waals surface area contributed by atoms with Crippen LogP contribution < -0.4 is 10.6 Å². The van der Waals surface area contributed by atoms with Crippen molar-refractivity contribution < 1.29 is 17.9 Å². The highest BCUT2D eigenvalue weighted by molar-refractivity contribution is 5.48. The first-order chi connectivity index (χ1) is 9.90. The zero-order chi connectivity index (χ0) is 15.5. The number of hydrogen-bond acceptors (Lipinski definition) is 5. The van der Waals surface area contributed by atoms with Crippen LogP contribution in [0.25, 0.3) is 0 Å². The number of nitrogens with zero attached hydrogens (tertiary/aromatic N) is 2. The lowest BCUT2D eigenvalue weighted by Gasteiger charge is -2.18. The van der Waals surface area contributed by atoms with E-state index in [1.807, 2.05) is 13.8 Å². The molecule has 118 valence electrons. The van der Waals surface area contributed by atoms with Crippen molar-refractivity contribution in [3.63, 3.8) is 0 Å². The molecule has 1 aromatic heterocycles. The molecule has 0 spiro atoms. The molecule has 8 heteroatoms. The smallest absolute Gasteiger partial charge is 0.376 e. The van der Waals surface area contributed by atoms with Crippen molar-refractivity contribution in [1.82, 2.24) is 9.97 Å². The highest BCUT2D eigenvalue weighted by Crippen LogP contribution is 2.29. The van der Waals surface area contributed by atoms with Gasteiger partial charge in [-0.25, -0.2) is 9.97 Å². The van der Waals surface area contributed by atoms with Gasteiger partial charge in [-0.1, -0.05) is 6.92 Å². The summed E-state index contributed by atoms with van der Waals surface area (Å²) in [7, 11) is 0. The van der Waals surface area contributed by atoms with Crippen LogP contribution in [0.15, 0.2) is 6.07 Å². The zero-order valence-electron chi connectivity index (χ0n) is 12.0. The van der Waals surface area contributed by atoms with Crippen molar-refractivity contribution in [3.8, 4) is 0 Å². The topological polar surface area (TPSA) is 59.1 Å². The first-order valence-electron chi connectivity index (χ1n) is 6.98. The van der Waals surface area contributed by atoms with Crippen molar-refractivity contribution >= 4 is 11.6 Å². The van der Waals surface area contributed by atoms with Crippen molar-refractivity contribution in [2.75, 3.05) is 23.8 Å². The molecule has 2 unspecified atom stereocenters. The maximum absolute atomic E-state index is 12.9.